The third-order valence-electron chi connectivity index (χ3n) is 3.96. The van der Waals surface area contributed by atoms with Gasteiger partial charge in [0.05, 0.1) is 5.41 Å². The summed E-state index contributed by atoms with van der Waals surface area (Å²) in [4.78, 5) is 11.5. The zero-order valence-electron chi connectivity index (χ0n) is 10.8. The van der Waals surface area contributed by atoms with Gasteiger partial charge in [-0.2, -0.15) is 0 Å². The summed E-state index contributed by atoms with van der Waals surface area (Å²) in [5.41, 5.74) is 0.269. The van der Waals surface area contributed by atoms with E-state index in [2.05, 4.69) is 5.32 Å². The van der Waals surface area contributed by atoms with Gasteiger partial charge in [-0.1, -0.05) is 6.07 Å². The first kappa shape index (κ1) is 12.3. The Morgan fingerprint density at radius 2 is 2.00 bits per heavy atom. The lowest BCUT2D eigenvalue weighted by molar-refractivity contribution is -0.144. The molecule has 5 heteroatoms. The van der Waals surface area contributed by atoms with Crippen LogP contribution in [-0.4, -0.2) is 31.3 Å². The Kier molecular flexibility index (Phi) is 2.86. The molecule has 0 saturated heterocycles. The second-order valence-corrected chi connectivity index (χ2v) is 5.09. The van der Waals surface area contributed by atoms with Gasteiger partial charge in [0.2, 0.25) is 0 Å². The maximum atomic E-state index is 11.5. The van der Waals surface area contributed by atoms with E-state index in [0.29, 0.717) is 31.8 Å². The molecule has 1 fully saturated rings. The molecule has 1 unspecified atom stereocenters. The molecule has 0 aromatic heterocycles. The molecule has 1 saturated carbocycles. The fourth-order valence-electron chi connectivity index (χ4n) is 2.76. The molecule has 0 amide bonds. The summed E-state index contributed by atoms with van der Waals surface area (Å²) in [5, 5.41) is 12.5. The lowest BCUT2D eigenvalue weighted by Gasteiger charge is -2.25. The van der Waals surface area contributed by atoms with E-state index < -0.39 is 11.4 Å². The van der Waals surface area contributed by atoms with Gasteiger partial charge >= 0.3 is 5.97 Å². The maximum Gasteiger partial charge on any atom is 0.311 e. The van der Waals surface area contributed by atoms with Crippen molar-refractivity contribution in [2.45, 2.75) is 18.9 Å². The van der Waals surface area contributed by atoms with Crippen molar-refractivity contribution >= 4 is 5.97 Å². The van der Waals surface area contributed by atoms with Gasteiger partial charge in [-0.25, -0.2) is 0 Å². The summed E-state index contributed by atoms with van der Waals surface area (Å²) in [6.07, 6.45) is 1.42. The molecule has 5 nitrogen and oxygen atoms in total. The Hall–Kier alpha value is -1.75. The Labute approximate surface area is 111 Å². The van der Waals surface area contributed by atoms with Crippen molar-refractivity contribution in [1.29, 1.82) is 0 Å². The number of ether oxygens (including phenoxy) is 2. The Morgan fingerprint density at radius 1 is 1.32 bits per heavy atom. The van der Waals surface area contributed by atoms with Gasteiger partial charge in [-0.05, 0) is 37.6 Å². The second-order valence-electron chi connectivity index (χ2n) is 5.09. The van der Waals surface area contributed by atoms with Crippen LogP contribution >= 0.6 is 0 Å². The number of benzene rings is 1. The molecule has 0 radical (unpaired) electrons. The van der Waals surface area contributed by atoms with E-state index in [4.69, 9.17) is 9.47 Å². The standard InChI is InChI=1S/C14H17NO4/c1-15-12(14(4-5-14)13(16)17)9-2-3-10-11(8-9)19-7-6-18-10/h2-3,8,12,15H,4-7H2,1H3,(H,16,17). The van der Waals surface area contributed by atoms with Crippen LogP contribution in [0.2, 0.25) is 0 Å². The van der Waals surface area contributed by atoms with E-state index in [9.17, 15) is 9.90 Å². The monoisotopic (exact) mass is 263 g/mol. The van der Waals surface area contributed by atoms with Crippen LogP contribution in [0.3, 0.4) is 0 Å². The van der Waals surface area contributed by atoms with Crippen molar-refractivity contribution in [2.75, 3.05) is 20.3 Å². The lowest BCUT2D eigenvalue weighted by atomic mass is 9.90. The van der Waals surface area contributed by atoms with Crippen LogP contribution in [0.15, 0.2) is 18.2 Å². The fraction of sp³-hybridized carbons (Fsp3) is 0.500. The van der Waals surface area contributed by atoms with Crippen molar-refractivity contribution in [3.63, 3.8) is 0 Å². The van der Waals surface area contributed by atoms with Gasteiger partial charge in [-0.3, -0.25) is 4.79 Å². The van der Waals surface area contributed by atoms with E-state index in [-0.39, 0.29) is 6.04 Å². The highest BCUT2D eigenvalue weighted by molar-refractivity contribution is 5.79. The normalized spacial score (nSPS) is 20.7. The lowest BCUT2D eigenvalue weighted by Crippen LogP contribution is -2.32. The summed E-state index contributed by atoms with van der Waals surface area (Å²) >= 11 is 0. The summed E-state index contributed by atoms with van der Waals surface area (Å²) in [6.45, 7) is 1.09. The molecule has 1 aliphatic carbocycles. The molecule has 0 spiro atoms. The van der Waals surface area contributed by atoms with E-state index in [1.165, 1.54) is 0 Å². The number of aliphatic carboxylic acids is 1. The zero-order valence-corrected chi connectivity index (χ0v) is 10.8. The van der Waals surface area contributed by atoms with Crippen LogP contribution in [0.1, 0.15) is 24.4 Å². The summed E-state index contributed by atoms with van der Waals surface area (Å²) in [5.74, 6) is 0.692. The fourth-order valence-corrected chi connectivity index (χ4v) is 2.76. The van der Waals surface area contributed by atoms with Crippen LogP contribution in [0.4, 0.5) is 0 Å². The molecule has 3 rings (SSSR count). The summed E-state index contributed by atoms with van der Waals surface area (Å²) in [7, 11) is 1.80. The summed E-state index contributed by atoms with van der Waals surface area (Å²) < 4.78 is 11.0. The van der Waals surface area contributed by atoms with Crippen molar-refractivity contribution in [1.82, 2.24) is 5.32 Å². The molecule has 0 bridgehead atoms. The largest absolute Gasteiger partial charge is 0.486 e. The molecular weight excluding hydrogens is 246 g/mol. The van der Waals surface area contributed by atoms with Gasteiger partial charge in [0, 0.05) is 6.04 Å². The number of hydrogen-bond donors (Lipinski definition) is 2. The van der Waals surface area contributed by atoms with Crippen LogP contribution < -0.4 is 14.8 Å². The number of carboxylic acid groups (broad SMARTS) is 1. The van der Waals surface area contributed by atoms with E-state index in [1.54, 1.807) is 7.05 Å². The van der Waals surface area contributed by atoms with Gasteiger partial charge in [0.25, 0.3) is 0 Å². The maximum absolute atomic E-state index is 11.5. The second kappa shape index (κ2) is 4.42. The van der Waals surface area contributed by atoms with Crippen molar-refractivity contribution < 1.29 is 19.4 Å². The molecule has 1 aromatic rings. The molecule has 2 N–H and O–H groups in total. The first-order chi connectivity index (χ1) is 9.17. The summed E-state index contributed by atoms with van der Waals surface area (Å²) in [6, 6.07) is 5.46. The van der Waals surface area contributed by atoms with Gasteiger partial charge in [-0.15, -0.1) is 0 Å². The van der Waals surface area contributed by atoms with E-state index >= 15 is 0 Å². The van der Waals surface area contributed by atoms with E-state index in [1.807, 2.05) is 18.2 Å². The van der Waals surface area contributed by atoms with Crippen LogP contribution in [0, 0.1) is 5.41 Å². The number of nitrogens with one attached hydrogen (secondary N) is 1. The molecule has 19 heavy (non-hydrogen) atoms. The third-order valence-corrected chi connectivity index (χ3v) is 3.96. The van der Waals surface area contributed by atoms with Gasteiger partial charge in [0.15, 0.2) is 11.5 Å². The molecular formula is C14H17NO4. The highest BCUT2D eigenvalue weighted by atomic mass is 16.6. The smallest absolute Gasteiger partial charge is 0.311 e. The van der Waals surface area contributed by atoms with Crippen LogP contribution in [0.25, 0.3) is 0 Å². The Bertz CT molecular complexity index is 510. The number of carbonyl (C=O) groups is 1. The topological polar surface area (TPSA) is 67.8 Å². The minimum atomic E-state index is -0.735. The molecule has 1 atom stereocenters. The molecule has 1 heterocycles. The van der Waals surface area contributed by atoms with Crippen LogP contribution in [-0.2, 0) is 4.79 Å². The first-order valence-corrected chi connectivity index (χ1v) is 6.47. The first-order valence-electron chi connectivity index (χ1n) is 6.47. The number of carboxylic acids is 1. The molecule has 1 aromatic carbocycles. The predicted octanol–water partition coefficient (Wildman–Crippen LogP) is 1.58. The molecule has 2 aliphatic rings. The minimum Gasteiger partial charge on any atom is -0.486 e. The average molecular weight is 263 g/mol. The number of fused-ring (bicyclic) bond motifs is 1. The predicted molar refractivity (Wildman–Crippen MR) is 68.5 cm³/mol. The Morgan fingerprint density at radius 3 is 2.58 bits per heavy atom. The third kappa shape index (κ3) is 1.94. The number of hydrogen-bond acceptors (Lipinski definition) is 4. The van der Waals surface area contributed by atoms with Crippen molar-refractivity contribution in [3.05, 3.63) is 23.8 Å². The minimum absolute atomic E-state index is 0.194. The number of rotatable bonds is 4. The molecule has 102 valence electrons. The quantitative estimate of drug-likeness (QED) is 0.863. The van der Waals surface area contributed by atoms with Crippen molar-refractivity contribution in [3.8, 4) is 11.5 Å². The van der Waals surface area contributed by atoms with Crippen molar-refractivity contribution in [2.24, 2.45) is 5.41 Å². The zero-order chi connectivity index (χ0) is 13.5. The Balaban J connectivity index is 1.94. The van der Waals surface area contributed by atoms with Crippen LogP contribution in [0.5, 0.6) is 11.5 Å². The average Bonchev–Trinajstić information content (AvgIpc) is 3.21. The molecule has 1 aliphatic heterocycles. The highest BCUT2D eigenvalue weighted by Gasteiger charge is 2.56. The van der Waals surface area contributed by atoms with E-state index in [0.717, 1.165) is 11.3 Å². The SMILES string of the molecule is CNC(c1ccc2c(c1)OCCO2)C1(C(=O)O)CC1. The van der Waals surface area contributed by atoms with Gasteiger partial charge in [0.1, 0.15) is 13.2 Å². The van der Waals surface area contributed by atoms with Gasteiger partial charge < -0.3 is 19.9 Å². The highest BCUT2D eigenvalue weighted by Crippen LogP contribution is 2.55.